The summed E-state index contributed by atoms with van der Waals surface area (Å²) in [5.74, 6) is 2.44. The molecule has 2 rings (SSSR count). The number of pyridine rings is 1. The number of amides is 2. The number of anilines is 2. The topological polar surface area (TPSA) is 80.3 Å². The van der Waals surface area contributed by atoms with Gasteiger partial charge >= 0.3 is 0 Å². The lowest BCUT2D eigenvalue weighted by molar-refractivity contribution is -0.112. The SMILES string of the molecule is C#CC/C=C(\C)C(=O)Nc1ccc(OC)cc1C(=O)Nc1ccc(Cl)cn1. The van der Waals surface area contributed by atoms with Gasteiger partial charge in [0.2, 0.25) is 0 Å². The van der Waals surface area contributed by atoms with E-state index in [-0.39, 0.29) is 11.5 Å². The number of aromatic nitrogens is 1. The third-order valence-electron chi connectivity index (χ3n) is 3.57. The number of ether oxygens (including phenoxy) is 1. The first-order valence-corrected chi connectivity index (χ1v) is 8.35. The Labute approximate surface area is 162 Å². The molecule has 0 aliphatic carbocycles. The van der Waals surface area contributed by atoms with Gasteiger partial charge in [0.15, 0.2) is 0 Å². The van der Waals surface area contributed by atoms with Crippen LogP contribution in [0.4, 0.5) is 11.5 Å². The summed E-state index contributed by atoms with van der Waals surface area (Å²) in [6.07, 6.45) is 8.60. The van der Waals surface area contributed by atoms with Crippen molar-refractivity contribution in [3.05, 3.63) is 58.8 Å². The Hall–Kier alpha value is -3.30. The molecule has 0 radical (unpaired) electrons. The maximum absolute atomic E-state index is 12.7. The lowest BCUT2D eigenvalue weighted by Gasteiger charge is -2.13. The molecule has 6 nitrogen and oxygen atoms in total. The van der Waals surface area contributed by atoms with Gasteiger partial charge in [0.25, 0.3) is 11.8 Å². The molecule has 138 valence electrons. The minimum Gasteiger partial charge on any atom is -0.497 e. The number of nitrogens with zero attached hydrogens (tertiary/aromatic N) is 1. The van der Waals surface area contributed by atoms with Gasteiger partial charge in [-0.1, -0.05) is 17.7 Å². The Morgan fingerprint density at radius 2 is 2.07 bits per heavy atom. The second-order valence-corrected chi connectivity index (χ2v) is 5.91. The molecule has 1 heterocycles. The summed E-state index contributed by atoms with van der Waals surface area (Å²) in [4.78, 5) is 29.0. The molecule has 0 unspecified atom stereocenters. The summed E-state index contributed by atoms with van der Waals surface area (Å²) < 4.78 is 5.17. The van der Waals surface area contributed by atoms with Crippen molar-refractivity contribution >= 4 is 34.9 Å². The summed E-state index contributed by atoms with van der Waals surface area (Å²) >= 11 is 5.80. The number of carbonyl (C=O) groups excluding carboxylic acids is 2. The van der Waals surface area contributed by atoms with E-state index in [9.17, 15) is 9.59 Å². The number of rotatable bonds is 6. The molecule has 7 heteroatoms. The molecule has 0 saturated heterocycles. The molecule has 0 aliphatic rings. The highest BCUT2D eigenvalue weighted by molar-refractivity contribution is 6.30. The van der Waals surface area contributed by atoms with Gasteiger partial charge in [0.1, 0.15) is 11.6 Å². The van der Waals surface area contributed by atoms with E-state index in [1.807, 2.05) is 0 Å². The van der Waals surface area contributed by atoms with Crippen molar-refractivity contribution in [2.24, 2.45) is 0 Å². The van der Waals surface area contributed by atoms with Crippen LogP contribution in [0.3, 0.4) is 0 Å². The predicted molar refractivity (Wildman–Crippen MR) is 106 cm³/mol. The van der Waals surface area contributed by atoms with E-state index in [1.165, 1.54) is 19.4 Å². The minimum atomic E-state index is -0.454. The van der Waals surface area contributed by atoms with E-state index in [4.69, 9.17) is 22.8 Å². The van der Waals surface area contributed by atoms with Crippen LogP contribution in [0.15, 0.2) is 48.2 Å². The largest absolute Gasteiger partial charge is 0.497 e. The van der Waals surface area contributed by atoms with Gasteiger partial charge < -0.3 is 15.4 Å². The Kier molecular flexibility index (Phi) is 6.98. The molecular weight excluding hydrogens is 366 g/mol. The molecule has 27 heavy (non-hydrogen) atoms. The average molecular weight is 384 g/mol. The third-order valence-corrected chi connectivity index (χ3v) is 3.80. The van der Waals surface area contributed by atoms with Gasteiger partial charge in [-0.25, -0.2) is 4.98 Å². The van der Waals surface area contributed by atoms with Gasteiger partial charge in [0, 0.05) is 18.2 Å². The zero-order chi connectivity index (χ0) is 19.8. The summed E-state index contributed by atoms with van der Waals surface area (Å²) in [7, 11) is 1.49. The summed E-state index contributed by atoms with van der Waals surface area (Å²) in [6.45, 7) is 1.65. The number of allylic oxidation sites excluding steroid dienone is 1. The molecule has 0 atom stereocenters. The Morgan fingerprint density at radius 3 is 2.70 bits per heavy atom. The Balaban J connectivity index is 2.28. The standard InChI is InChI=1S/C20H18ClN3O3/c1-4-5-6-13(2)19(25)23-17-9-8-15(27-3)11-16(17)20(26)24-18-10-7-14(21)12-22-18/h1,6-12H,5H2,2-3H3,(H,23,25)(H,22,24,26)/b13-6+. The van der Waals surface area contributed by atoms with Gasteiger partial charge in [-0.15, -0.1) is 12.3 Å². The lowest BCUT2D eigenvalue weighted by atomic mass is 10.1. The molecule has 0 fully saturated rings. The van der Waals surface area contributed by atoms with Crippen LogP contribution in [-0.2, 0) is 4.79 Å². The zero-order valence-electron chi connectivity index (χ0n) is 14.9. The van der Waals surface area contributed by atoms with Crippen LogP contribution in [0.1, 0.15) is 23.7 Å². The molecule has 0 bridgehead atoms. The van der Waals surface area contributed by atoms with Crippen LogP contribution in [0.2, 0.25) is 5.02 Å². The van der Waals surface area contributed by atoms with E-state index in [2.05, 4.69) is 21.5 Å². The van der Waals surface area contributed by atoms with Gasteiger partial charge in [-0.05, 0) is 37.3 Å². The second-order valence-electron chi connectivity index (χ2n) is 5.48. The third kappa shape index (κ3) is 5.59. The molecule has 0 spiro atoms. The summed E-state index contributed by atoms with van der Waals surface area (Å²) in [6, 6.07) is 7.95. The molecular formula is C20H18ClN3O3. The van der Waals surface area contributed by atoms with Crippen LogP contribution < -0.4 is 15.4 Å². The van der Waals surface area contributed by atoms with Gasteiger partial charge in [-0.2, -0.15) is 0 Å². The average Bonchev–Trinajstić information content (AvgIpc) is 2.67. The number of carbonyl (C=O) groups is 2. The lowest BCUT2D eigenvalue weighted by Crippen LogP contribution is -2.19. The van der Waals surface area contributed by atoms with Gasteiger partial charge in [-0.3, -0.25) is 9.59 Å². The van der Waals surface area contributed by atoms with E-state index >= 15 is 0 Å². The molecule has 0 aliphatic heterocycles. The van der Waals surface area contributed by atoms with Crippen LogP contribution in [0, 0.1) is 12.3 Å². The fourth-order valence-corrected chi connectivity index (χ4v) is 2.22. The smallest absolute Gasteiger partial charge is 0.259 e. The first-order valence-electron chi connectivity index (χ1n) is 7.97. The molecule has 2 aromatic rings. The van der Waals surface area contributed by atoms with E-state index in [0.717, 1.165) is 0 Å². The van der Waals surface area contributed by atoms with Crippen molar-refractivity contribution in [3.8, 4) is 18.1 Å². The first-order chi connectivity index (χ1) is 12.9. The number of hydrogen-bond acceptors (Lipinski definition) is 4. The number of methoxy groups -OCH3 is 1. The monoisotopic (exact) mass is 383 g/mol. The van der Waals surface area contributed by atoms with Gasteiger partial charge in [0.05, 0.1) is 23.4 Å². The molecule has 0 saturated carbocycles. The molecule has 1 aromatic heterocycles. The quantitative estimate of drug-likeness (QED) is 0.585. The number of benzene rings is 1. The molecule has 1 aromatic carbocycles. The van der Waals surface area contributed by atoms with Crippen molar-refractivity contribution < 1.29 is 14.3 Å². The second kappa shape index (κ2) is 9.41. The number of hydrogen-bond donors (Lipinski definition) is 2. The fourth-order valence-electron chi connectivity index (χ4n) is 2.11. The van der Waals surface area contributed by atoms with E-state index in [0.29, 0.717) is 34.3 Å². The van der Waals surface area contributed by atoms with Crippen LogP contribution in [0.25, 0.3) is 0 Å². The van der Waals surface area contributed by atoms with Crippen molar-refractivity contribution in [2.75, 3.05) is 17.7 Å². The summed E-state index contributed by atoms with van der Waals surface area (Å²) in [5.41, 5.74) is 1.01. The fraction of sp³-hybridized carbons (Fsp3) is 0.150. The summed E-state index contributed by atoms with van der Waals surface area (Å²) in [5, 5.41) is 5.82. The maximum atomic E-state index is 12.7. The van der Waals surface area contributed by atoms with Crippen molar-refractivity contribution in [1.82, 2.24) is 4.98 Å². The Bertz CT molecular complexity index is 915. The highest BCUT2D eigenvalue weighted by Crippen LogP contribution is 2.24. The molecule has 2 N–H and O–H groups in total. The van der Waals surface area contributed by atoms with Crippen LogP contribution in [0.5, 0.6) is 5.75 Å². The minimum absolute atomic E-state index is 0.226. The normalized spacial score (nSPS) is 10.7. The molecule has 2 amide bonds. The maximum Gasteiger partial charge on any atom is 0.259 e. The van der Waals surface area contributed by atoms with E-state index in [1.54, 1.807) is 37.3 Å². The number of terminal acetylenes is 1. The highest BCUT2D eigenvalue weighted by atomic mass is 35.5. The van der Waals surface area contributed by atoms with Crippen molar-refractivity contribution in [2.45, 2.75) is 13.3 Å². The first kappa shape index (κ1) is 20.0. The number of nitrogens with one attached hydrogen (secondary N) is 2. The zero-order valence-corrected chi connectivity index (χ0v) is 15.6. The van der Waals surface area contributed by atoms with Crippen molar-refractivity contribution in [3.63, 3.8) is 0 Å². The van der Waals surface area contributed by atoms with E-state index < -0.39 is 5.91 Å². The number of halogens is 1. The van der Waals surface area contributed by atoms with Crippen LogP contribution in [-0.4, -0.2) is 23.9 Å². The Morgan fingerprint density at radius 1 is 1.30 bits per heavy atom. The highest BCUT2D eigenvalue weighted by Gasteiger charge is 2.16. The van der Waals surface area contributed by atoms with Crippen molar-refractivity contribution in [1.29, 1.82) is 0 Å². The van der Waals surface area contributed by atoms with Crippen LogP contribution >= 0.6 is 11.6 Å². The predicted octanol–water partition coefficient (Wildman–Crippen LogP) is 3.90.